The quantitative estimate of drug-likeness (QED) is 0.492. The summed E-state index contributed by atoms with van der Waals surface area (Å²) in [7, 11) is 0. The molecule has 0 N–H and O–H groups in total. The molecule has 0 amide bonds. The maximum atomic E-state index is 4.07. The molecule has 0 nitrogen and oxygen atoms in total. The van der Waals surface area contributed by atoms with Crippen molar-refractivity contribution in [2.24, 2.45) is 0 Å². The van der Waals surface area contributed by atoms with Crippen molar-refractivity contribution in [1.29, 1.82) is 0 Å². The van der Waals surface area contributed by atoms with Crippen LogP contribution in [0.5, 0.6) is 0 Å². The van der Waals surface area contributed by atoms with Crippen LogP contribution in [-0.4, -0.2) is 13.3 Å². The summed E-state index contributed by atoms with van der Waals surface area (Å²) in [6.07, 6.45) is 2.10. The Balaban J connectivity index is 2.31. The molecule has 22 heavy (non-hydrogen) atoms. The molecule has 0 unspecified atom stereocenters. The third kappa shape index (κ3) is 2.67. The van der Waals surface area contributed by atoms with Gasteiger partial charge in [-0.25, -0.2) is 0 Å². The summed E-state index contributed by atoms with van der Waals surface area (Å²) in [4.78, 5) is 0. The van der Waals surface area contributed by atoms with Crippen LogP contribution in [0.4, 0.5) is 0 Å². The average molecular weight is 345 g/mol. The van der Waals surface area contributed by atoms with Crippen LogP contribution >= 0.6 is 0 Å². The van der Waals surface area contributed by atoms with Crippen molar-refractivity contribution in [3.8, 4) is 0 Å². The SMILES string of the molecule is C=C[CH2][Ge]([c]1ccccc1)([c]1ccccc1)[c]1ccccc1. The average Bonchev–Trinajstić information content (AvgIpc) is 2.62. The second-order valence-electron chi connectivity index (χ2n) is 5.50. The van der Waals surface area contributed by atoms with Crippen LogP contribution in [-0.2, 0) is 0 Å². The summed E-state index contributed by atoms with van der Waals surface area (Å²) in [6.45, 7) is 4.07. The van der Waals surface area contributed by atoms with E-state index in [0.29, 0.717) is 0 Å². The molecule has 3 rings (SSSR count). The Morgan fingerprint density at radius 3 is 1.18 bits per heavy atom. The predicted octanol–water partition coefficient (Wildman–Crippen LogP) is 3.34. The van der Waals surface area contributed by atoms with Gasteiger partial charge in [0, 0.05) is 0 Å². The van der Waals surface area contributed by atoms with Crippen molar-refractivity contribution >= 4 is 26.5 Å². The molecule has 0 atom stereocenters. The first-order valence-electron chi connectivity index (χ1n) is 7.65. The minimum absolute atomic E-state index is 1.05. The van der Waals surface area contributed by atoms with Gasteiger partial charge in [0.05, 0.1) is 0 Å². The van der Waals surface area contributed by atoms with Crippen molar-refractivity contribution in [2.75, 3.05) is 0 Å². The van der Waals surface area contributed by atoms with Gasteiger partial charge in [-0.15, -0.1) is 0 Å². The topological polar surface area (TPSA) is 0 Å². The number of hydrogen-bond acceptors (Lipinski definition) is 0. The zero-order valence-electron chi connectivity index (χ0n) is 12.7. The maximum absolute atomic E-state index is 4.07. The fraction of sp³-hybridized carbons (Fsp3) is 0.0476. The number of benzene rings is 3. The summed E-state index contributed by atoms with van der Waals surface area (Å²) in [5.74, 6) is 0. The van der Waals surface area contributed by atoms with E-state index in [1.165, 1.54) is 13.2 Å². The van der Waals surface area contributed by atoms with E-state index >= 15 is 0 Å². The Hall–Kier alpha value is -2.06. The zero-order chi connectivity index (χ0) is 15.3. The van der Waals surface area contributed by atoms with E-state index in [1.807, 2.05) is 0 Å². The molecule has 0 aliphatic heterocycles. The molecule has 0 bridgehead atoms. The fourth-order valence-electron chi connectivity index (χ4n) is 3.24. The molecule has 3 aromatic rings. The van der Waals surface area contributed by atoms with Crippen LogP contribution in [0.1, 0.15) is 0 Å². The molecule has 0 aliphatic carbocycles. The summed E-state index contributed by atoms with van der Waals surface area (Å²) in [6, 6.07) is 33.0. The molecule has 0 aliphatic rings. The second-order valence-corrected chi connectivity index (χ2v) is 13.8. The molecule has 3 aromatic carbocycles. The standard InChI is InChI=1S/C21H20Ge/c1-2-18-22(19-12-6-3-7-13-19,20-14-8-4-9-15-20)21-16-10-5-11-17-21/h2-17H,1,18H2. The van der Waals surface area contributed by atoms with Gasteiger partial charge in [0.25, 0.3) is 0 Å². The van der Waals surface area contributed by atoms with Gasteiger partial charge in [-0.3, -0.25) is 0 Å². The molecule has 0 saturated carbocycles. The van der Waals surface area contributed by atoms with Crippen LogP contribution < -0.4 is 13.2 Å². The van der Waals surface area contributed by atoms with E-state index in [1.54, 1.807) is 0 Å². The third-order valence-corrected chi connectivity index (χ3v) is 14.4. The van der Waals surface area contributed by atoms with Gasteiger partial charge in [-0.2, -0.15) is 0 Å². The van der Waals surface area contributed by atoms with Crippen molar-refractivity contribution in [1.82, 2.24) is 0 Å². The van der Waals surface area contributed by atoms with E-state index in [2.05, 4.69) is 104 Å². The van der Waals surface area contributed by atoms with E-state index in [-0.39, 0.29) is 0 Å². The molecule has 1 heteroatoms. The van der Waals surface area contributed by atoms with E-state index in [0.717, 1.165) is 5.25 Å². The predicted molar refractivity (Wildman–Crippen MR) is 99.0 cm³/mol. The minimum atomic E-state index is -2.69. The van der Waals surface area contributed by atoms with Gasteiger partial charge in [0.15, 0.2) is 0 Å². The number of allylic oxidation sites excluding steroid dienone is 1. The van der Waals surface area contributed by atoms with Gasteiger partial charge < -0.3 is 0 Å². The second kappa shape index (κ2) is 6.80. The molecule has 0 aromatic heterocycles. The summed E-state index contributed by atoms with van der Waals surface area (Å²) in [5.41, 5.74) is 0. The van der Waals surface area contributed by atoms with Crippen molar-refractivity contribution in [3.05, 3.63) is 104 Å². The van der Waals surface area contributed by atoms with E-state index < -0.39 is 13.3 Å². The Kier molecular flexibility index (Phi) is 4.60. The molecule has 108 valence electrons. The molecule has 0 spiro atoms. The Morgan fingerprint density at radius 1 is 0.591 bits per heavy atom. The van der Waals surface area contributed by atoms with Gasteiger partial charge in [-0.1, -0.05) is 0 Å². The summed E-state index contributed by atoms with van der Waals surface area (Å²) >= 11 is -2.69. The van der Waals surface area contributed by atoms with Crippen molar-refractivity contribution in [2.45, 2.75) is 5.25 Å². The van der Waals surface area contributed by atoms with E-state index in [9.17, 15) is 0 Å². The monoisotopic (exact) mass is 346 g/mol. The van der Waals surface area contributed by atoms with Gasteiger partial charge >= 0.3 is 135 Å². The Morgan fingerprint density at radius 2 is 0.909 bits per heavy atom. The first kappa shape index (κ1) is 14.9. The van der Waals surface area contributed by atoms with Crippen molar-refractivity contribution in [3.63, 3.8) is 0 Å². The molecule has 0 saturated heterocycles. The normalized spacial score (nSPS) is 11.1. The van der Waals surface area contributed by atoms with Crippen LogP contribution in [0.15, 0.2) is 104 Å². The summed E-state index contributed by atoms with van der Waals surface area (Å²) < 4.78 is 4.46. The molecule has 0 fully saturated rings. The first-order valence-corrected chi connectivity index (χ1v) is 12.3. The number of hydrogen-bond donors (Lipinski definition) is 0. The fourth-order valence-corrected chi connectivity index (χ4v) is 12.5. The van der Waals surface area contributed by atoms with Gasteiger partial charge in [-0.05, 0) is 0 Å². The first-order chi connectivity index (χ1) is 10.9. The van der Waals surface area contributed by atoms with E-state index in [4.69, 9.17) is 0 Å². The third-order valence-electron chi connectivity index (χ3n) is 4.25. The number of rotatable bonds is 5. The molecule has 0 radical (unpaired) electrons. The van der Waals surface area contributed by atoms with Gasteiger partial charge in [0.2, 0.25) is 0 Å². The molecular weight excluding hydrogens is 325 g/mol. The van der Waals surface area contributed by atoms with Crippen molar-refractivity contribution < 1.29 is 0 Å². The van der Waals surface area contributed by atoms with Gasteiger partial charge in [0.1, 0.15) is 0 Å². The van der Waals surface area contributed by atoms with Crippen LogP contribution in [0.2, 0.25) is 5.25 Å². The molecule has 0 heterocycles. The molecular formula is C21H20Ge. The van der Waals surface area contributed by atoms with Crippen LogP contribution in [0.3, 0.4) is 0 Å². The zero-order valence-corrected chi connectivity index (χ0v) is 14.7. The summed E-state index contributed by atoms with van der Waals surface area (Å²) in [5, 5.41) is 1.05. The Labute approximate surface area is 135 Å². The van der Waals surface area contributed by atoms with Crippen LogP contribution in [0, 0.1) is 0 Å². The van der Waals surface area contributed by atoms with Crippen LogP contribution in [0.25, 0.3) is 0 Å². The Bertz CT molecular complexity index is 621.